The van der Waals surface area contributed by atoms with Crippen LogP contribution in [0.5, 0.6) is 0 Å². The van der Waals surface area contributed by atoms with Gasteiger partial charge in [-0.2, -0.15) is 17.5 Å². The third-order valence-electron chi connectivity index (χ3n) is 4.30. The zero-order valence-corrected chi connectivity index (χ0v) is 16.4. The van der Waals surface area contributed by atoms with Crippen molar-refractivity contribution < 1.29 is 26.3 Å². The Morgan fingerprint density at radius 2 is 1.89 bits per heavy atom. The van der Waals surface area contributed by atoms with Crippen LogP contribution in [0.15, 0.2) is 35.3 Å². The molecule has 0 radical (unpaired) electrons. The summed E-state index contributed by atoms with van der Waals surface area (Å²) in [5.41, 5.74) is -4.18. The van der Waals surface area contributed by atoms with Crippen LogP contribution in [0, 0.1) is 0 Å². The second-order valence-electron chi connectivity index (χ2n) is 6.31. The fraction of sp³-hybridized carbons (Fsp3) is 0.588. The van der Waals surface area contributed by atoms with Crippen LogP contribution < -0.4 is 10.6 Å². The van der Waals surface area contributed by atoms with Gasteiger partial charge in [0.25, 0.3) is 0 Å². The lowest BCUT2D eigenvalue weighted by atomic mass is 10.1. The molecule has 11 heteroatoms. The van der Waals surface area contributed by atoms with Crippen LogP contribution in [-0.4, -0.2) is 63.5 Å². The van der Waals surface area contributed by atoms with Crippen LogP contribution in [0.4, 0.5) is 13.2 Å². The summed E-state index contributed by atoms with van der Waals surface area (Å²) in [6, 6.07) is 9.60. The number of halogens is 3. The Morgan fingerprint density at radius 3 is 2.46 bits per heavy atom. The van der Waals surface area contributed by atoms with Crippen molar-refractivity contribution in [3.63, 3.8) is 0 Å². The molecule has 0 atom stereocenters. The number of hydrogen-bond donors (Lipinski definition) is 2. The normalized spacial score (nSPS) is 17.5. The number of rotatable bonds is 7. The smallest absolute Gasteiger partial charge is 0.375 e. The molecular weight excluding hydrogens is 397 g/mol. The number of benzene rings is 1. The van der Waals surface area contributed by atoms with E-state index in [0.717, 1.165) is 5.56 Å². The molecule has 28 heavy (non-hydrogen) atoms. The van der Waals surface area contributed by atoms with Gasteiger partial charge in [-0.1, -0.05) is 30.3 Å². The fourth-order valence-corrected chi connectivity index (χ4v) is 3.77. The number of piperidine rings is 1. The van der Waals surface area contributed by atoms with Gasteiger partial charge >= 0.3 is 15.5 Å². The predicted molar refractivity (Wildman–Crippen MR) is 100 cm³/mol. The maximum Gasteiger partial charge on any atom is 0.511 e. The van der Waals surface area contributed by atoms with Crippen LogP contribution in [0.3, 0.4) is 0 Å². The highest BCUT2D eigenvalue weighted by atomic mass is 32.2. The summed E-state index contributed by atoms with van der Waals surface area (Å²) >= 11 is 0. The quantitative estimate of drug-likeness (QED) is 0.397. The summed E-state index contributed by atoms with van der Waals surface area (Å²) < 4.78 is 66.7. The molecule has 1 fully saturated rings. The topological polar surface area (TPSA) is 83.0 Å². The molecule has 0 bridgehead atoms. The van der Waals surface area contributed by atoms with Crippen LogP contribution >= 0.6 is 0 Å². The molecule has 1 saturated heterocycles. The van der Waals surface area contributed by atoms with Crippen LogP contribution in [0.25, 0.3) is 0 Å². The number of hydrogen-bond acceptors (Lipinski definition) is 4. The summed E-state index contributed by atoms with van der Waals surface area (Å²) in [5.74, 6) is 0.500. The van der Waals surface area contributed by atoms with E-state index < -0.39 is 15.5 Å². The van der Waals surface area contributed by atoms with Crippen LogP contribution in [0.2, 0.25) is 0 Å². The van der Waals surface area contributed by atoms with E-state index in [1.807, 2.05) is 30.3 Å². The first-order valence-corrected chi connectivity index (χ1v) is 10.3. The molecule has 2 N–H and O–H groups in total. The van der Waals surface area contributed by atoms with E-state index >= 15 is 0 Å². The van der Waals surface area contributed by atoms with E-state index in [4.69, 9.17) is 4.74 Å². The molecule has 0 saturated carbocycles. The highest BCUT2D eigenvalue weighted by Gasteiger charge is 2.50. The van der Waals surface area contributed by atoms with Gasteiger partial charge in [0, 0.05) is 32.7 Å². The Labute approximate surface area is 163 Å². The predicted octanol–water partition coefficient (Wildman–Crippen LogP) is 1.68. The van der Waals surface area contributed by atoms with E-state index in [0.29, 0.717) is 30.0 Å². The monoisotopic (exact) mass is 422 g/mol. The first-order chi connectivity index (χ1) is 13.2. The van der Waals surface area contributed by atoms with Crippen molar-refractivity contribution in [1.29, 1.82) is 0 Å². The van der Waals surface area contributed by atoms with Gasteiger partial charge in [0.2, 0.25) is 0 Å². The van der Waals surface area contributed by atoms with Crippen molar-refractivity contribution in [2.75, 3.05) is 33.3 Å². The van der Waals surface area contributed by atoms with Gasteiger partial charge in [-0.15, -0.1) is 0 Å². The number of alkyl halides is 3. The Balaban J connectivity index is 1.68. The maximum absolute atomic E-state index is 12.6. The average molecular weight is 422 g/mol. The highest BCUT2D eigenvalue weighted by molar-refractivity contribution is 7.90. The third-order valence-corrected chi connectivity index (χ3v) is 5.93. The summed E-state index contributed by atoms with van der Waals surface area (Å²) in [6.45, 7) is 1.10. The number of ether oxygens (including phenoxy) is 1. The molecule has 1 aromatic carbocycles. The number of guanidine groups is 1. The van der Waals surface area contributed by atoms with Crippen molar-refractivity contribution in [3.8, 4) is 0 Å². The van der Waals surface area contributed by atoms with Gasteiger partial charge in [-0.25, -0.2) is 8.42 Å². The lowest BCUT2D eigenvalue weighted by Crippen LogP contribution is -2.51. The van der Waals surface area contributed by atoms with Crippen LogP contribution in [-0.2, 0) is 21.4 Å². The van der Waals surface area contributed by atoms with Gasteiger partial charge in [0.15, 0.2) is 5.96 Å². The van der Waals surface area contributed by atoms with E-state index in [1.54, 1.807) is 7.05 Å². The van der Waals surface area contributed by atoms with Crippen molar-refractivity contribution in [2.45, 2.75) is 31.0 Å². The molecule has 0 aliphatic carbocycles. The van der Waals surface area contributed by atoms with Gasteiger partial charge in [0.1, 0.15) is 0 Å². The second kappa shape index (κ2) is 10.1. The Kier molecular flexibility index (Phi) is 8.08. The molecule has 1 aliphatic heterocycles. The number of aliphatic imine (C=N–C) groups is 1. The molecule has 0 spiro atoms. The lowest BCUT2D eigenvalue weighted by Gasteiger charge is -2.32. The van der Waals surface area contributed by atoms with Gasteiger partial charge in [-0.3, -0.25) is 4.99 Å². The van der Waals surface area contributed by atoms with Crippen LogP contribution in [0.1, 0.15) is 18.4 Å². The first-order valence-electron chi connectivity index (χ1n) is 8.89. The van der Waals surface area contributed by atoms with E-state index in [1.165, 1.54) is 0 Å². The van der Waals surface area contributed by atoms with E-state index in [9.17, 15) is 21.6 Å². The van der Waals surface area contributed by atoms with Crippen molar-refractivity contribution >= 4 is 16.0 Å². The number of nitrogens with one attached hydrogen (secondary N) is 2. The largest absolute Gasteiger partial charge is 0.511 e. The molecule has 0 unspecified atom stereocenters. The first kappa shape index (κ1) is 22.4. The van der Waals surface area contributed by atoms with Gasteiger partial charge in [0.05, 0.1) is 13.2 Å². The minimum atomic E-state index is -5.26. The number of nitrogens with zero attached hydrogens (tertiary/aromatic N) is 2. The minimum Gasteiger partial charge on any atom is -0.375 e. The zero-order valence-electron chi connectivity index (χ0n) is 15.6. The Morgan fingerprint density at radius 1 is 1.25 bits per heavy atom. The molecule has 1 heterocycles. The average Bonchev–Trinajstić information content (AvgIpc) is 2.67. The van der Waals surface area contributed by atoms with Crippen molar-refractivity contribution in [1.82, 2.24) is 14.9 Å². The van der Waals surface area contributed by atoms with E-state index in [2.05, 4.69) is 15.6 Å². The summed E-state index contributed by atoms with van der Waals surface area (Å²) in [6.07, 6.45) is 0.529. The van der Waals surface area contributed by atoms with Crippen molar-refractivity contribution in [3.05, 3.63) is 35.9 Å². The SMILES string of the molecule is CN=C(NCCOCc1ccccc1)NC1CCN(S(=O)(=O)C(F)(F)F)CC1. The molecule has 1 aromatic rings. The third kappa shape index (κ3) is 6.35. The standard InChI is InChI=1S/C17H25F3N4O3S/c1-21-16(22-9-12-27-13-14-5-3-2-4-6-14)23-15-7-10-24(11-8-15)28(25,26)17(18,19)20/h2-6,15H,7-13H2,1H3,(H2,21,22,23). The summed E-state index contributed by atoms with van der Waals surface area (Å²) in [5, 5.41) is 6.18. The Hall–Kier alpha value is -1.85. The molecule has 158 valence electrons. The number of sulfonamides is 1. The minimum absolute atomic E-state index is 0.156. The lowest BCUT2D eigenvalue weighted by molar-refractivity contribution is -0.0494. The van der Waals surface area contributed by atoms with E-state index in [-0.39, 0.29) is 32.0 Å². The molecule has 2 rings (SSSR count). The second-order valence-corrected chi connectivity index (χ2v) is 8.24. The summed E-state index contributed by atoms with van der Waals surface area (Å²) in [4.78, 5) is 4.07. The Bertz CT molecular complexity index is 734. The van der Waals surface area contributed by atoms with Gasteiger partial charge < -0.3 is 15.4 Å². The highest BCUT2D eigenvalue weighted by Crippen LogP contribution is 2.28. The molecular formula is C17H25F3N4O3S. The van der Waals surface area contributed by atoms with Gasteiger partial charge in [-0.05, 0) is 18.4 Å². The molecule has 7 nitrogen and oxygen atoms in total. The molecule has 0 aromatic heterocycles. The zero-order chi connectivity index (χ0) is 20.6. The molecule has 0 amide bonds. The fourth-order valence-electron chi connectivity index (χ4n) is 2.78. The summed E-state index contributed by atoms with van der Waals surface area (Å²) in [7, 11) is -3.67. The van der Waals surface area contributed by atoms with Crippen molar-refractivity contribution in [2.24, 2.45) is 4.99 Å². The maximum atomic E-state index is 12.6. The molecule has 1 aliphatic rings.